The summed E-state index contributed by atoms with van der Waals surface area (Å²) >= 11 is 0. The van der Waals surface area contributed by atoms with E-state index in [-0.39, 0.29) is 24.3 Å². The molecule has 0 heterocycles. The average Bonchev–Trinajstić information content (AvgIpc) is 2.26. The van der Waals surface area contributed by atoms with Crippen molar-refractivity contribution in [2.45, 2.75) is 27.2 Å². The van der Waals surface area contributed by atoms with Crippen molar-refractivity contribution in [2.75, 3.05) is 26.2 Å². The van der Waals surface area contributed by atoms with E-state index in [4.69, 9.17) is 4.74 Å². The highest BCUT2D eigenvalue weighted by Crippen LogP contribution is 1.95. The monoisotopic (exact) mass is 230 g/mol. The Bertz CT molecular complexity index is 219. The summed E-state index contributed by atoms with van der Waals surface area (Å²) in [6, 6.07) is 0. The molecule has 0 fully saturated rings. The van der Waals surface area contributed by atoms with Crippen molar-refractivity contribution in [1.29, 1.82) is 0 Å². The molecule has 0 rings (SSSR count). The van der Waals surface area contributed by atoms with Gasteiger partial charge >= 0.3 is 5.97 Å². The molecule has 0 aromatic rings. The predicted octanol–water partition coefficient (Wildman–Crippen LogP) is 0.301. The van der Waals surface area contributed by atoms with Crippen LogP contribution in [0.2, 0.25) is 0 Å². The topological polar surface area (TPSA) is 67.4 Å². The highest BCUT2D eigenvalue weighted by molar-refractivity contribution is 5.78. The van der Waals surface area contributed by atoms with Gasteiger partial charge in [0.15, 0.2) is 0 Å². The summed E-state index contributed by atoms with van der Waals surface area (Å²) in [6.45, 7) is 7.32. The van der Waals surface area contributed by atoms with E-state index in [9.17, 15) is 9.59 Å². The molecule has 5 heteroatoms. The standard InChI is InChI=1S/C11H22N2O3/c1-4-6-13-10(14)8-12-7-9(3)11(15)16-5-2/h9,12H,4-8H2,1-3H3,(H,13,14). The van der Waals surface area contributed by atoms with Crippen molar-refractivity contribution in [1.82, 2.24) is 10.6 Å². The molecule has 5 nitrogen and oxygen atoms in total. The summed E-state index contributed by atoms with van der Waals surface area (Å²) in [5.74, 6) is -0.499. The van der Waals surface area contributed by atoms with Crippen molar-refractivity contribution >= 4 is 11.9 Å². The second kappa shape index (κ2) is 9.15. The fraction of sp³-hybridized carbons (Fsp3) is 0.818. The maximum Gasteiger partial charge on any atom is 0.309 e. The van der Waals surface area contributed by atoms with Gasteiger partial charge in [-0.15, -0.1) is 0 Å². The highest BCUT2D eigenvalue weighted by atomic mass is 16.5. The SMILES string of the molecule is CCCNC(=O)CNCC(C)C(=O)OCC. The fourth-order valence-electron chi connectivity index (χ4n) is 1.10. The molecule has 0 radical (unpaired) electrons. The summed E-state index contributed by atoms with van der Waals surface area (Å²) in [5, 5.41) is 5.66. The minimum atomic E-state index is -0.232. The van der Waals surface area contributed by atoms with Crippen LogP contribution in [0.5, 0.6) is 0 Å². The van der Waals surface area contributed by atoms with Gasteiger partial charge in [0.05, 0.1) is 19.1 Å². The van der Waals surface area contributed by atoms with Crippen LogP contribution in [0.4, 0.5) is 0 Å². The smallest absolute Gasteiger partial charge is 0.309 e. The Balaban J connectivity index is 3.57. The van der Waals surface area contributed by atoms with Gasteiger partial charge in [0.1, 0.15) is 0 Å². The normalized spacial score (nSPS) is 11.9. The van der Waals surface area contributed by atoms with Crippen molar-refractivity contribution in [2.24, 2.45) is 5.92 Å². The summed E-state index contributed by atoms with van der Waals surface area (Å²) in [7, 11) is 0. The molecule has 0 bridgehead atoms. The van der Waals surface area contributed by atoms with Crippen LogP contribution in [0.25, 0.3) is 0 Å². The van der Waals surface area contributed by atoms with Gasteiger partial charge in [-0.25, -0.2) is 0 Å². The zero-order chi connectivity index (χ0) is 12.4. The molecule has 0 saturated heterocycles. The zero-order valence-corrected chi connectivity index (χ0v) is 10.3. The number of carbonyl (C=O) groups is 2. The van der Waals surface area contributed by atoms with E-state index in [1.54, 1.807) is 13.8 Å². The van der Waals surface area contributed by atoms with E-state index >= 15 is 0 Å². The Morgan fingerprint density at radius 1 is 1.31 bits per heavy atom. The first kappa shape index (κ1) is 14.9. The lowest BCUT2D eigenvalue weighted by molar-refractivity contribution is -0.147. The summed E-state index contributed by atoms with van der Waals surface area (Å²) < 4.78 is 4.85. The van der Waals surface area contributed by atoms with Crippen LogP contribution in [0.3, 0.4) is 0 Å². The van der Waals surface area contributed by atoms with Crippen LogP contribution < -0.4 is 10.6 Å². The molecule has 1 atom stereocenters. The first-order valence-electron chi connectivity index (χ1n) is 5.75. The van der Waals surface area contributed by atoms with Crippen LogP contribution >= 0.6 is 0 Å². The molecule has 1 unspecified atom stereocenters. The predicted molar refractivity (Wildman–Crippen MR) is 62.0 cm³/mol. The summed E-state index contributed by atoms with van der Waals surface area (Å²) in [4.78, 5) is 22.4. The molecule has 0 aromatic heterocycles. The lowest BCUT2D eigenvalue weighted by atomic mass is 10.2. The number of rotatable bonds is 8. The first-order valence-corrected chi connectivity index (χ1v) is 5.75. The quantitative estimate of drug-likeness (QED) is 0.589. The van der Waals surface area contributed by atoms with Gasteiger partial charge in [-0.3, -0.25) is 9.59 Å². The Hall–Kier alpha value is -1.10. The van der Waals surface area contributed by atoms with Gasteiger partial charge in [-0.1, -0.05) is 13.8 Å². The molecule has 0 spiro atoms. The molecule has 0 saturated carbocycles. The number of hydrogen-bond acceptors (Lipinski definition) is 4. The molecular formula is C11H22N2O3. The Morgan fingerprint density at radius 2 is 2.00 bits per heavy atom. The number of amides is 1. The molecule has 16 heavy (non-hydrogen) atoms. The van der Waals surface area contributed by atoms with Gasteiger partial charge in [0, 0.05) is 13.1 Å². The van der Waals surface area contributed by atoms with Crippen molar-refractivity contribution in [3.63, 3.8) is 0 Å². The highest BCUT2D eigenvalue weighted by Gasteiger charge is 2.13. The Kier molecular flexibility index (Phi) is 8.52. The van der Waals surface area contributed by atoms with E-state index < -0.39 is 0 Å². The largest absolute Gasteiger partial charge is 0.466 e. The van der Waals surface area contributed by atoms with E-state index in [1.165, 1.54) is 0 Å². The van der Waals surface area contributed by atoms with Crippen LogP contribution in [-0.2, 0) is 14.3 Å². The molecule has 94 valence electrons. The summed E-state index contributed by atoms with van der Waals surface area (Å²) in [5.41, 5.74) is 0. The lowest BCUT2D eigenvalue weighted by Gasteiger charge is -2.11. The molecule has 0 aliphatic heterocycles. The van der Waals surface area contributed by atoms with Crippen LogP contribution in [0, 0.1) is 5.92 Å². The van der Waals surface area contributed by atoms with Gasteiger partial charge < -0.3 is 15.4 Å². The van der Waals surface area contributed by atoms with Gasteiger partial charge in [-0.05, 0) is 13.3 Å². The van der Waals surface area contributed by atoms with Crippen LogP contribution in [0.15, 0.2) is 0 Å². The Morgan fingerprint density at radius 3 is 2.56 bits per heavy atom. The second-order valence-corrected chi connectivity index (χ2v) is 3.63. The third-order valence-corrected chi connectivity index (χ3v) is 2.00. The molecule has 1 amide bonds. The zero-order valence-electron chi connectivity index (χ0n) is 10.3. The van der Waals surface area contributed by atoms with Crippen LogP contribution in [0.1, 0.15) is 27.2 Å². The van der Waals surface area contributed by atoms with E-state index in [1.807, 2.05) is 6.92 Å². The van der Waals surface area contributed by atoms with Gasteiger partial charge in [0.2, 0.25) is 5.91 Å². The maximum absolute atomic E-state index is 11.2. The molecule has 0 aliphatic rings. The van der Waals surface area contributed by atoms with Crippen LogP contribution in [-0.4, -0.2) is 38.1 Å². The number of nitrogens with one attached hydrogen (secondary N) is 2. The lowest BCUT2D eigenvalue weighted by Crippen LogP contribution is -2.37. The van der Waals surface area contributed by atoms with Crippen molar-refractivity contribution in [3.05, 3.63) is 0 Å². The average molecular weight is 230 g/mol. The minimum Gasteiger partial charge on any atom is -0.466 e. The van der Waals surface area contributed by atoms with E-state index in [2.05, 4.69) is 10.6 Å². The first-order chi connectivity index (χ1) is 7.61. The number of esters is 1. The number of hydrogen-bond donors (Lipinski definition) is 2. The van der Waals surface area contributed by atoms with Gasteiger partial charge in [0.25, 0.3) is 0 Å². The molecule has 0 aliphatic carbocycles. The maximum atomic E-state index is 11.2. The van der Waals surface area contributed by atoms with Gasteiger partial charge in [-0.2, -0.15) is 0 Å². The third kappa shape index (κ3) is 7.23. The minimum absolute atomic E-state index is 0.0436. The molecular weight excluding hydrogens is 208 g/mol. The van der Waals surface area contributed by atoms with Crippen molar-refractivity contribution in [3.8, 4) is 0 Å². The molecule has 0 aromatic carbocycles. The number of carbonyl (C=O) groups excluding carboxylic acids is 2. The van der Waals surface area contributed by atoms with E-state index in [0.717, 1.165) is 6.42 Å². The third-order valence-electron chi connectivity index (χ3n) is 2.00. The van der Waals surface area contributed by atoms with E-state index in [0.29, 0.717) is 19.7 Å². The second-order valence-electron chi connectivity index (χ2n) is 3.63. The molecule has 2 N–H and O–H groups in total. The fourth-order valence-corrected chi connectivity index (χ4v) is 1.10. The summed E-state index contributed by atoms with van der Waals surface area (Å²) in [6.07, 6.45) is 0.922. The Labute approximate surface area is 96.9 Å². The number of ether oxygens (including phenoxy) is 1. The van der Waals surface area contributed by atoms with Crippen molar-refractivity contribution < 1.29 is 14.3 Å².